The lowest BCUT2D eigenvalue weighted by Gasteiger charge is -2.37. The molecule has 1 aromatic rings. The maximum absolute atomic E-state index is 13.3. The molecule has 1 aromatic heterocycles. The fraction of sp³-hybridized carbons (Fsp3) is 0.722. The van der Waals surface area contributed by atoms with Gasteiger partial charge in [0.1, 0.15) is 6.33 Å². The van der Waals surface area contributed by atoms with Crippen molar-refractivity contribution in [3.8, 4) is 0 Å². The van der Waals surface area contributed by atoms with Crippen molar-refractivity contribution in [3.05, 3.63) is 23.8 Å². The standard InChI is InChI=1S/C18H25F2N3O2/c1-13-10-15(22-12-21-13)2-3-16-11-23(8-9-25-16)17(24)14-4-6-18(19,20)7-5-14/h10,12,14,16H,2-9,11H2,1H3/t16-/m0/s1. The lowest BCUT2D eigenvalue weighted by atomic mass is 9.85. The van der Waals surface area contributed by atoms with E-state index in [1.54, 1.807) is 11.2 Å². The number of halogens is 2. The molecular formula is C18H25F2N3O2. The summed E-state index contributed by atoms with van der Waals surface area (Å²) in [5, 5.41) is 0. The first kappa shape index (κ1) is 18.2. The van der Waals surface area contributed by atoms with Crippen LogP contribution in [0.15, 0.2) is 12.4 Å². The van der Waals surface area contributed by atoms with Gasteiger partial charge in [-0.1, -0.05) is 0 Å². The van der Waals surface area contributed by atoms with Crippen molar-refractivity contribution < 1.29 is 18.3 Å². The first-order valence-electron chi connectivity index (χ1n) is 8.99. The van der Waals surface area contributed by atoms with Crippen molar-refractivity contribution in [1.82, 2.24) is 14.9 Å². The molecule has 3 rings (SSSR count). The monoisotopic (exact) mass is 353 g/mol. The molecule has 7 heteroatoms. The summed E-state index contributed by atoms with van der Waals surface area (Å²) >= 11 is 0. The molecular weight excluding hydrogens is 328 g/mol. The Morgan fingerprint density at radius 1 is 1.36 bits per heavy atom. The van der Waals surface area contributed by atoms with Gasteiger partial charge >= 0.3 is 0 Å². The molecule has 5 nitrogen and oxygen atoms in total. The molecule has 0 aromatic carbocycles. The Balaban J connectivity index is 1.50. The predicted molar refractivity (Wildman–Crippen MR) is 88.3 cm³/mol. The first-order chi connectivity index (χ1) is 11.9. The van der Waals surface area contributed by atoms with E-state index < -0.39 is 5.92 Å². The van der Waals surface area contributed by atoms with Gasteiger partial charge in [0.15, 0.2) is 0 Å². The molecule has 2 fully saturated rings. The van der Waals surface area contributed by atoms with E-state index in [-0.39, 0.29) is 43.6 Å². The number of hydrogen-bond acceptors (Lipinski definition) is 4. The van der Waals surface area contributed by atoms with E-state index in [0.29, 0.717) is 19.7 Å². The van der Waals surface area contributed by atoms with E-state index >= 15 is 0 Å². The van der Waals surface area contributed by atoms with E-state index in [2.05, 4.69) is 9.97 Å². The maximum Gasteiger partial charge on any atom is 0.248 e. The molecule has 1 amide bonds. The fourth-order valence-corrected chi connectivity index (χ4v) is 3.59. The highest BCUT2D eigenvalue weighted by Gasteiger charge is 2.39. The van der Waals surface area contributed by atoms with Gasteiger partial charge in [0, 0.05) is 43.2 Å². The van der Waals surface area contributed by atoms with Crippen LogP contribution >= 0.6 is 0 Å². The normalized spacial score (nSPS) is 24.3. The van der Waals surface area contributed by atoms with Crippen molar-refractivity contribution in [3.63, 3.8) is 0 Å². The van der Waals surface area contributed by atoms with E-state index in [0.717, 1.165) is 24.2 Å². The largest absolute Gasteiger partial charge is 0.375 e. The molecule has 1 aliphatic heterocycles. The van der Waals surface area contributed by atoms with Gasteiger partial charge in [0.05, 0.1) is 12.7 Å². The molecule has 1 saturated heterocycles. The molecule has 0 unspecified atom stereocenters. The number of ether oxygens (including phenoxy) is 1. The maximum atomic E-state index is 13.3. The highest BCUT2D eigenvalue weighted by Crippen LogP contribution is 2.37. The van der Waals surface area contributed by atoms with Crippen molar-refractivity contribution in [2.24, 2.45) is 5.92 Å². The Labute approximate surface area is 146 Å². The Morgan fingerprint density at radius 2 is 2.12 bits per heavy atom. The number of carbonyl (C=O) groups is 1. The van der Waals surface area contributed by atoms with Gasteiger partial charge in [-0.2, -0.15) is 0 Å². The number of morpholine rings is 1. The highest BCUT2D eigenvalue weighted by molar-refractivity contribution is 5.79. The van der Waals surface area contributed by atoms with Crippen molar-refractivity contribution in [1.29, 1.82) is 0 Å². The van der Waals surface area contributed by atoms with Crippen LogP contribution in [0.1, 0.15) is 43.5 Å². The van der Waals surface area contributed by atoms with Crippen LogP contribution in [0.4, 0.5) is 8.78 Å². The minimum atomic E-state index is -2.60. The number of rotatable bonds is 4. The van der Waals surface area contributed by atoms with Gasteiger partial charge < -0.3 is 9.64 Å². The minimum Gasteiger partial charge on any atom is -0.375 e. The lowest BCUT2D eigenvalue weighted by molar-refractivity contribution is -0.147. The molecule has 0 bridgehead atoms. The van der Waals surface area contributed by atoms with E-state index in [4.69, 9.17) is 4.74 Å². The van der Waals surface area contributed by atoms with Crippen LogP contribution in [-0.4, -0.2) is 52.5 Å². The van der Waals surface area contributed by atoms with E-state index in [1.165, 1.54) is 0 Å². The molecule has 138 valence electrons. The number of alkyl halides is 2. The summed E-state index contributed by atoms with van der Waals surface area (Å²) in [7, 11) is 0. The summed E-state index contributed by atoms with van der Waals surface area (Å²) in [6.45, 7) is 3.52. The smallest absolute Gasteiger partial charge is 0.248 e. The van der Waals surface area contributed by atoms with Crippen molar-refractivity contribution in [2.75, 3.05) is 19.7 Å². The molecule has 1 atom stereocenters. The fourth-order valence-electron chi connectivity index (χ4n) is 3.59. The lowest BCUT2D eigenvalue weighted by Crippen LogP contribution is -2.48. The Kier molecular flexibility index (Phi) is 5.61. The van der Waals surface area contributed by atoms with Gasteiger partial charge in [-0.15, -0.1) is 0 Å². The highest BCUT2D eigenvalue weighted by atomic mass is 19.3. The molecule has 0 spiro atoms. The molecule has 2 aliphatic rings. The summed E-state index contributed by atoms with van der Waals surface area (Å²) in [6.07, 6.45) is 3.30. The quantitative estimate of drug-likeness (QED) is 0.835. The minimum absolute atomic E-state index is 0.0154. The number of carbonyl (C=O) groups excluding carboxylic acids is 1. The third kappa shape index (κ3) is 4.93. The SMILES string of the molecule is Cc1cc(CC[C@H]2CN(C(=O)C3CCC(F)(F)CC3)CCO2)ncn1. The number of aryl methyl sites for hydroxylation is 2. The first-order valence-corrected chi connectivity index (χ1v) is 8.99. The Bertz CT molecular complexity index is 602. The van der Waals surface area contributed by atoms with Gasteiger partial charge in [-0.3, -0.25) is 4.79 Å². The van der Waals surface area contributed by atoms with Crippen LogP contribution in [0.25, 0.3) is 0 Å². The summed E-state index contributed by atoms with van der Waals surface area (Å²) in [5.41, 5.74) is 1.90. The van der Waals surface area contributed by atoms with Gasteiger partial charge in [-0.05, 0) is 38.7 Å². The molecule has 0 radical (unpaired) electrons. The van der Waals surface area contributed by atoms with Crippen LogP contribution in [0, 0.1) is 12.8 Å². The third-order valence-electron chi connectivity index (χ3n) is 5.10. The van der Waals surface area contributed by atoms with Crippen LogP contribution in [0.2, 0.25) is 0 Å². The summed E-state index contributed by atoms with van der Waals surface area (Å²) < 4.78 is 32.3. The number of amides is 1. The number of hydrogen-bond donors (Lipinski definition) is 0. The Morgan fingerprint density at radius 3 is 2.84 bits per heavy atom. The van der Waals surface area contributed by atoms with E-state index in [1.807, 2.05) is 13.0 Å². The number of nitrogens with zero attached hydrogens (tertiary/aromatic N) is 3. The topological polar surface area (TPSA) is 55.3 Å². The van der Waals surface area contributed by atoms with Crippen molar-refractivity contribution in [2.45, 2.75) is 57.5 Å². The average molecular weight is 353 g/mol. The molecule has 25 heavy (non-hydrogen) atoms. The molecule has 1 aliphatic carbocycles. The second kappa shape index (κ2) is 7.72. The second-order valence-electron chi connectivity index (χ2n) is 7.10. The van der Waals surface area contributed by atoms with E-state index in [9.17, 15) is 13.6 Å². The van der Waals surface area contributed by atoms with Crippen LogP contribution in [-0.2, 0) is 16.0 Å². The second-order valence-corrected chi connectivity index (χ2v) is 7.10. The molecule has 0 N–H and O–H groups in total. The van der Waals surface area contributed by atoms with Gasteiger partial charge in [0.25, 0.3) is 0 Å². The van der Waals surface area contributed by atoms with Crippen molar-refractivity contribution >= 4 is 5.91 Å². The van der Waals surface area contributed by atoms with Crippen LogP contribution < -0.4 is 0 Å². The van der Waals surface area contributed by atoms with Gasteiger partial charge in [0.2, 0.25) is 11.8 Å². The zero-order valence-electron chi connectivity index (χ0n) is 14.6. The number of aromatic nitrogens is 2. The van der Waals surface area contributed by atoms with Crippen LogP contribution in [0.5, 0.6) is 0 Å². The third-order valence-corrected chi connectivity index (χ3v) is 5.10. The van der Waals surface area contributed by atoms with Gasteiger partial charge in [-0.25, -0.2) is 18.7 Å². The zero-order chi connectivity index (χ0) is 17.9. The summed E-state index contributed by atoms with van der Waals surface area (Å²) in [4.78, 5) is 22.8. The molecule has 2 heterocycles. The Hall–Kier alpha value is -1.63. The zero-order valence-corrected chi connectivity index (χ0v) is 14.6. The average Bonchev–Trinajstić information content (AvgIpc) is 2.60. The van der Waals surface area contributed by atoms with Crippen LogP contribution in [0.3, 0.4) is 0 Å². The molecule has 1 saturated carbocycles. The predicted octanol–water partition coefficient (Wildman–Crippen LogP) is 2.77. The summed E-state index contributed by atoms with van der Waals surface area (Å²) in [6, 6.07) is 1.95. The summed E-state index contributed by atoms with van der Waals surface area (Å²) in [5.74, 6) is -2.84.